The van der Waals surface area contributed by atoms with Crippen LogP contribution in [-0.2, 0) is 15.9 Å². The average molecular weight is 639 g/mol. The monoisotopic (exact) mass is 637 g/mol. The first kappa shape index (κ1) is 33.7. The molecule has 0 atom stereocenters. The van der Waals surface area contributed by atoms with E-state index in [9.17, 15) is 0 Å². The van der Waals surface area contributed by atoms with Gasteiger partial charge in [-0.05, 0) is 99.7 Å². The van der Waals surface area contributed by atoms with E-state index in [1.165, 1.54) is 66.4 Å². The highest BCUT2D eigenvalue weighted by Gasteiger charge is 2.43. The highest BCUT2D eigenvalue weighted by Crippen LogP contribution is 2.62. The minimum atomic E-state index is -1.83. The Bertz CT molecular complexity index is 1040. The first-order valence-electron chi connectivity index (χ1n) is 15.9. The van der Waals surface area contributed by atoms with Crippen molar-refractivity contribution >= 4 is 37.4 Å². The summed E-state index contributed by atoms with van der Waals surface area (Å²) in [5, 5.41) is 4.07. The maximum Gasteiger partial charge on any atom is 0.181 e. The van der Waals surface area contributed by atoms with E-state index in [0.29, 0.717) is 0 Å². The summed E-state index contributed by atoms with van der Waals surface area (Å²) < 4.78 is 11.9. The van der Waals surface area contributed by atoms with Gasteiger partial charge in [0, 0.05) is 13.2 Å². The topological polar surface area (TPSA) is 18.5 Å². The van der Waals surface area contributed by atoms with Gasteiger partial charge in [0.2, 0.25) is 0 Å². The number of benzene rings is 3. The number of halogens is 1. The summed E-state index contributed by atoms with van der Waals surface area (Å²) in [6.07, 6.45) is 18.6. The van der Waals surface area contributed by atoms with E-state index in [4.69, 9.17) is 9.47 Å². The fraction of sp³-hybridized carbons (Fsp3) is 0.459. The Morgan fingerprint density at radius 3 is 1.66 bits per heavy atom. The smallest absolute Gasteiger partial charge is 0.181 e. The third-order valence-electron chi connectivity index (χ3n) is 7.43. The zero-order chi connectivity index (χ0) is 29.0. The Morgan fingerprint density at radius 1 is 0.610 bits per heavy atom. The Balaban J connectivity index is 1.37. The van der Waals surface area contributed by atoms with Gasteiger partial charge in [0.15, 0.2) is 27.7 Å². The molecule has 222 valence electrons. The van der Waals surface area contributed by atoms with Crippen molar-refractivity contribution in [3.63, 3.8) is 0 Å². The number of rotatable bonds is 21. The molecule has 3 rings (SSSR count). The van der Waals surface area contributed by atoms with Crippen molar-refractivity contribution in [1.82, 2.24) is 0 Å². The lowest BCUT2D eigenvalue weighted by molar-refractivity contribution is -0.147. The van der Waals surface area contributed by atoms with E-state index in [2.05, 4.69) is 126 Å². The summed E-state index contributed by atoms with van der Waals surface area (Å²) >= 11 is 4.26. The number of hydrogen-bond acceptors (Lipinski definition) is 2. The third kappa shape index (κ3) is 11.8. The molecular formula is C37H51BrO2P+. The number of allylic oxidation sites excluding steroid dienone is 2. The highest BCUT2D eigenvalue weighted by molar-refractivity contribution is 9.44. The molecule has 0 aliphatic heterocycles. The molecule has 0 aliphatic carbocycles. The maximum atomic E-state index is 5.96. The molecular weight excluding hydrogens is 587 g/mol. The summed E-state index contributed by atoms with van der Waals surface area (Å²) in [5.41, 5.74) is 1.42. The largest absolute Gasteiger partial charge is 0.353 e. The van der Waals surface area contributed by atoms with Crippen LogP contribution < -0.4 is 15.9 Å². The van der Waals surface area contributed by atoms with Gasteiger partial charge in [-0.2, -0.15) is 0 Å². The van der Waals surface area contributed by atoms with Crippen molar-refractivity contribution in [2.45, 2.75) is 97.2 Å². The minimum Gasteiger partial charge on any atom is -0.353 e. The Hall–Kier alpha value is -1.77. The van der Waals surface area contributed by atoms with Crippen LogP contribution in [-0.4, -0.2) is 19.5 Å². The van der Waals surface area contributed by atoms with Gasteiger partial charge in [0.1, 0.15) is 15.9 Å². The summed E-state index contributed by atoms with van der Waals surface area (Å²) in [6.45, 7) is 6.05. The van der Waals surface area contributed by atoms with E-state index < -0.39 is 5.96 Å². The molecule has 0 heterocycles. The fourth-order valence-electron chi connectivity index (χ4n) is 4.92. The second-order valence-corrected chi connectivity index (χ2v) is 16.7. The summed E-state index contributed by atoms with van der Waals surface area (Å²) in [6, 6.07) is 31.1. The summed E-state index contributed by atoms with van der Waals surface area (Å²) in [5.74, 6) is -1.83. The van der Waals surface area contributed by atoms with Crippen LogP contribution in [0.4, 0.5) is 0 Å². The molecule has 0 fully saturated rings. The SMILES string of the molecule is CCCCOC(CCCCC/C=C\CCCc1ccc([P+](Br)(c2ccccc2)c2ccccc2)cc1)OCCCC. The highest BCUT2D eigenvalue weighted by atomic mass is 79.9. The van der Waals surface area contributed by atoms with E-state index in [1.807, 2.05) is 0 Å². The lowest BCUT2D eigenvalue weighted by Crippen LogP contribution is -2.26. The average Bonchev–Trinajstić information content (AvgIpc) is 3.02. The molecule has 2 nitrogen and oxygen atoms in total. The molecule has 41 heavy (non-hydrogen) atoms. The molecule has 4 heteroatoms. The molecule has 3 aromatic rings. The van der Waals surface area contributed by atoms with Gasteiger partial charge >= 0.3 is 0 Å². The quantitative estimate of drug-likeness (QED) is 0.0501. The van der Waals surface area contributed by atoms with E-state index in [-0.39, 0.29) is 6.29 Å². The van der Waals surface area contributed by atoms with E-state index in [1.54, 1.807) is 0 Å². The molecule has 0 unspecified atom stereocenters. The Labute approximate surface area is 259 Å². The predicted octanol–water partition coefficient (Wildman–Crippen LogP) is 10.1. The van der Waals surface area contributed by atoms with Crippen LogP contribution in [0, 0.1) is 0 Å². The minimum absolute atomic E-state index is 0.0118. The van der Waals surface area contributed by atoms with Crippen molar-refractivity contribution in [3.05, 3.63) is 103 Å². The number of unbranched alkanes of at least 4 members (excludes halogenated alkanes) is 6. The molecule has 3 aromatic carbocycles. The Morgan fingerprint density at radius 2 is 1.12 bits per heavy atom. The fourth-order valence-corrected chi connectivity index (χ4v) is 9.67. The normalized spacial score (nSPS) is 12.0. The summed E-state index contributed by atoms with van der Waals surface area (Å²) in [4.78, 5) is 0. The van der Waals surface area contributed by atoms with Crippen molar-refractivity contribution in [3.8, 4) is 0 Å². The van der Waals surface area contributed by atoms with Crippen LogP contribution in [0.2, 0.25) is 0 Å². The molecule has 0 N–H and O–H groups in total. The van der Waals surface area contributed by atoms with E-state index >= 15 is 0 Å². The van der Waals surface area contributed by atoms with Crippen LogP contribution in [0.1, 0.15) is 90.0 Å². The van der Waals surface area contributed by atoms with Gasteiger partial charge in [0.05, 0.1) is 0 Å². The standard InChI is InChI=1S/C37H51BrO2P/c1-3-5-31-39-37(40-32-6-4-2)26-20-12-10-8-7-9-11-15-21-33-27-29-36(30-28-33)41(38,34-22-16-13-17-23-34)35-24-18-14-19-25-35/h7,9,13-14,16-19,22-25,27-30,37H,3-6,8,10-12,15,20-21,26,31-32H2,1-2H3/q+1/b9-7-. The second-order valence-electron chi connectivity index (χ2n) is 10.8. The molecule has 0 spiro atoms. The summed E-state index contributed by atoms with van der Waals surface area (Å²) in [7, 11) is 0. The molecule has 0 saturated carbocycles. The lowest BCUT2D eigenvalue weighted by Gasteiger charge is -2.20. The molecule has 0 saturated heterocycles. The van der Waals surface area contributed by atoms with Gasteiger partial charge < -0.3 is 9.47 Å². The van der Waals surface area contributed by atoms with Crippen LogP contribution >= 0.6 is 21.5 Å². The lowest BCUT2D eigenvalue weighted by atomic mass is 10.1. The van der Waals surface area contributed by atoms with Gasteiger partial charge in [-0.15, -0.1) is 0 Å². The second kappa shape index (κ2) is 20.2. The van der Waals surface area contributed by atoms with Gasteiger partial charge in [-0.1, -0.05) is 93.8 Å². The first-order chi connectivity index (χ1) is 20.2. The first-order valence-corrected chi connectivity index (χ1v) is 19.7. The molecule has 0 aromatic heterocycles. The van der Waals surface area contributed by atoms with Crippen LogP contribution in [0.3, 0.4) is 0 Å². The van der Waals surface area contributed by atoms with Gasteiger partial charge in [-0.3, -0.25) is 0 Å². The molecule has 0 amide bonds. The third-order valence-corrected chi connectivity index (χ3v) is 14.1. The van der Waals surface area contributed by atoms with Crippen LogP contribution in [0.15, 0.2) is 97.1 Å². The van der Waals surface area contributed by atoms with Crippen molar-refractivity contribution in [2.24, 2.45) is 0 Å². The molecule has 0 radical (unpaired) electrons. The number of ether oxygens (including phenoxy) is 2. The molecule has 0 aliphatic rings. The Kier molecular flexibility index (Phi) is 16.6. The van der Waals surface area contributed by atoms with Crippen LogP contribution in [0.5, 0.6) is 0 Å². The van der Waals surface area contributed by atoms with Crippen molar-refractivity contribution in [1.29, 1.82) is 0 Å². The number of hydrogen-bond donors (Lipinski definition) is 0. The van der Waals surface area contributed by atoms with Gasteiger partial charge in [-0.25, -0.2) is 0 Å². The van der Waals surface area contributed by atoms with Crippen LogP contribution in [0.25, 0.3) is 0 Å². The molecule has 0 bridgehead atoms. The maximum absolute atomic E-state index is 5.96. The van der Waals surface area contributed by atoms with Gasteiger partial charge in [0.25, 0.3) is 0 Å². The number of aryl methyl sites for hydroxylation is 1. The van der Waals surface area contributed by atoms with Crippen molar-refractivity contribution in [2.75, 3.05) is 13.2 Å². The zero-order valence-electron chi connectivity index (χ0n) is 25.4. The van der Waals surface area contributed by atoms with E-state index in [0.717, 1.165) is 45.3 Å². The zero-order valence-corrected chi connectivity index (χ0v) is 27.8. The van der Waals surface area contributed by atoms with Crippen molar-refractivity contribution < 1.29 is 9.47 Å². The predicted molar refractivity (Wildman–Crippen MR) is 185 cm³/mol.